The van der Waals surface area contributed by atoms with E-state index in [0.717, 1.165) is 56.5 Å². The van der Waals surface area contributed by atoms with Gasteiger partial charge in [0.2, 0.25) is 5.91 Å². The minimum absolute atomic E-state index is 0.239. The molecule has 3 rings (SSSR count). The van der Waals surface area contributed by atoms with Gasteiger partial charge >= 0.3 is 0 Å². The molecule has 162 valence electrons. The van der Waals surface area contributed by atoms with Gasteiger partial charge in [0.15, 0.2) is 11.5 Å². The quantitative estimate of drug-likeness (QED) is 0.604. The molecule has 2 aliphatic heterocycles. The SMILES string of the molecule is CCCOc1c(CN2CCCC23CCCN(CCOC)C3=O)cc(Cl)cc1OC. The van der Waals surface area contributed by atoms with E-state index in [2.05, 4.69) is 11.8 Å². The van der Waals surface area contributed by atoms with E-state index in [1.165, 1.54) is 0 Å². The molecular formula is C22H33ClN2O4. The summed E-state index contributed by atoms with van der Waals surface area (Å²) in [7, 11) is 3.31. The summed E-state index contributed by atoms with van der Waals surface area (Å²) in [5, 5.41) is 0.616. The lowest BCUT2D eigenvalue weighted by molar-refractivity contribution is -0.148. The van der Waals surface area contributed by atoms with Gasteiger partial charge in [-0.2, -0.15) is 0 Å². The minimum atomic E-state index is -0.427. The highest BCUT2D eigenvalue weighted by atomic mass is 35.5. The van der Waals surface area contributed by atoms with Crippen LogP contribution in [0.2, 0.25) is 5.02 Å². The number of piperidine rings is 1. The summed E-state index contributed by atoms with van der Waals surface area (Å²) in [6, 6.07) is 3.73. The molecule has 0 bridgehead atoms. The largest absolute Gasteiger partial charge is 0.493 e. The number of likely N-dealkylation sites (tertiary alicyclic amines) is 2. The molecule has 0 N–H and O–H groups in total. The number of halogens is 1. The fourth-order valence-corrected chi connectivity index (χ4v) is 4.87. The molecule has 2 fully saturated rings. The lowest BCUT2D eigenvalue weighted by Gasteiger charge is -2.44. The van der Waals surface area contributed by atoms with E-state index in [-0.39, 0.29) is 5.91 Å². The summed E-state index contributed by atoms with van der Waals surface area (Å²) >= 11 is 6.36. The first kappa shape index (κ1) is 22.2. The molecule has 1 spiro atoms. The molecule has 1 amide bonds. The molecule has 2 saturated heterocycles. The van der Waals surface area contributed by atoms with Crippen LogP contribution in [0.5, 0.6) is 11.5 Å². The summed E-state index contributed by atoms with van der Waals surface area (Å²) in [4.78, 5) is 17.8. The van der Waals surface area contributed by atoms with Gasteiger partial charge in [0, 0.05) is 43.4 Å². The molecule has 1 aromatic carbocycles. The first-order chi connectivity index (χ1) is 14.1. The average Bonchev–Trinajstić information content (AvgIpc) is 3.11. The predicted octanol–water partition coefficient (Wildman–Crippen LogP) is 3.74. The highest BCUT2D eigenvalue weighted by molar-refractivity contribution is 6.30. The fraction of sp³-hybridized carbons (Fsp3) is 0.682. The summed E-state index contributed by atoms with van der Waals surface area (Å²) in [6.45, 7) is 6.25. The molecule has 6 nitrogen and oxygen atoms in total. The number of nitrogens with zero attached hydrogens (tertiary/aromatic N) is 2. The van der Waals surface area contributed by atoms with Gasteiger partial charge < -0.3 is 19.1 Å². The number of hydrogen-bond donors (Lipinski definition) is 0. The molecule has 2 heterocycles. The third kappa shape index (κ3) is 4.65. The van der Waals surface area contributed by atoms with Gasteiger partial charge in [-0.3, -0.25) is 9.69 Å². The topological polar surface area (TPSA) is 51.2 Å². The Labute approximate surface area is 179 Å². The van der Waals surface area contributed by atoms with Gasteiger partial charge in [0.1, 0.15) is 5.54 Å². The zero-order valence-electron chi connectivity index (χ0n) is 17.8. The van der Waals surface area contributed by atoms with Crippen LogP contribution in [0, 0.1) is 0 Å². The summed E-state index contributed by atoms with van der Waals surface area (Å²) in [5.74, 6) is 1.62. The van der Waals surface area contributed by atoms with Gasteiger partial charge in [-0.05, 0) is 44.7 Å². The molecule has 29 heavy (non-hydrogen) atoms. The molecule has 7 heteroatoms. The lowest BCUT2D eigenvalue weighted by atomic mass is 9.85. The smallest absolute Gasteiger partial charge is 0.243 e. The van der Waals surface area contributed by atoms with E-state index in [1.807, 2.05) is 11.0 Å². The van der Waals surface area contributed by atoms with E-state index < -0.39 is 5.54 Å². The van der Waals surface area contributed by atoms with Crippen LogP contribution in [-0.4, -0.2) is 68.3 Å². The van der Waals surface area contributed by atoms with Crippen LogP contribution in [0.3, 0.4) is 0 Å². The Morgan fingerprint density at radius 3 is 2.59 bits per heavy atom. The van der Waals surface area contributed by atoms with Crippen molar-refractivity contribution in [3.05, 3.63) is 22.7 Å². The number of hydrogen-bond acceptors (Lipinski definition) is 5. The van der Waals surface area contributed by atoms with Crippen LogP contribution in [-0.2, 0) is 16.1 Å². The summed E-state index contributed by atoms with van der Waals surface area (Å²) in [6.07, 6.45) is 4.75. The number of carbonyl (C=O) groups is 1. The molecule has 1 aromatic rings. The normalized spacial score (nSPS) is 22.5. The maximum absolute atomic E-state index is 13.4. The van der Waals surface area contributed by atoms with Gasteiger partial charge in [0.05, 0.1) is 20.3 Å². The van der Waals surface area contributed by atoms with Crippen molar-refractivity contribution >= 4 is 17.5 Å². The Morgan fingerprint density at radius 1 is 1.14 bits per heavy atom. The molecular weight excluding hydrogens is 392 g/mol. The summed E-state index contributed by atoms with van der Waals surface area (Å²) < 4.78 is 16.8. The maximum Gasteiger partial charge on any atom is 0.243 e. The summed E-state index contributed by atoms with van der Waals surface area (Å²) in [5.41, 5.74) is 0.551. The van der Waals surface area contributed by atoms with E-state index in [1.54, 1.807) is 20.3 Å². The van der Waals surface area contributed by atoms with E-state index in [4.69, 9.17) is 25.8 Å². The highest BCUT2D eigenvalue weighted by Crippen LogP contribution is 2.42. The predicted molar refractivity (Wildman–Crippen MR) is 114 cm³/mol. The van der Waals surface area contributed by atoms with Crippen molar-refractivity contribution in [2.45, 2.75) is 51.1 Å². The van der Waals surface area contributed by atoms with Crippen LogP contribution in [0.25, 0.3) is 0 Å². The zero-order valence-corrected chi connectivity index (χ0v) is 18.6. The van der Waals surface area contributed by atoms with Crippen molar-refractivity contribution in [3.8, 4) is 11.5 Å². The molecule has 0 radical (unpaired) electrons. The number of amides is 1. The Hall–Kier alpha value is -1.50. The average molecular weight is 425 g/mol. The van der Waals surface area contributed by atoms with E-state index in [9.17, 15) is 4.79 Å². The molecule has 2 aliphatic rings. The van der Waals surface area contributed by atoms with Crippen LogP contribution >= 0.6 is 11.6 Å². The van der Waals surface area contributed by atoms with Crippen molar-refractivity contribution in [3.63, 3.8) is 0 Å². The first-order valence-corrected chi connectivity index (χ1v) is 11.0. The van der Waals surface area contributed by atoms with Crippen LogP contribution in [0.1, 0.15) is 44.6 Å². The van der Waals surface area contributed by atoms with Crippen molar-refractivity contribution in [2.75, 3.05) is 47.1 Å². The van der Waals surface area contributed by atoms with E-state index in [0.29, 0.717) is 37.1 Å². The number of rotatable bonds is 9. The number of methoxy groups -OCH3 is 2. The number of benzene rings is 1. The Balaban J connectivity index is 1.87. The minimum Gasteiger partial charge on any atom is -0.493 e. The monoisotopic (exact) mass is 424 g/mol. The Kier molecular flexibility index (Phi) is 7.66. The lowest BCUT2D eigenvalue weighted by Crippen LogP contribution is -2.60. The van der Waals surface area contributed by atoms with Crippen molar-refractivity contribution in [1.82, 2.24) is 9.80 Å². The fourth-order valence-electron chi connectivity index (χ4n) is 4.64. The Bertz CT molecular complexity index is 714. The third-order valence-corrected chi connectivity index (χ3v) is 6.24. The first-order valence-electron chi connectivity index (χ1n) is 10.6. The van der Waals surface area contributed by atoms with Gasteiger partial charge in [-0.1, -0.05) is 18.5 Å². The van der Waals surface area contributed by atoms with Crippen LogP contribution in [0.4, 0.5) is 0 Å². The maximum atomic E-state index is 13.4. The molecule has 1 unspecified atom stereocenters. The second-order valence-electron chi connectivity index (χ2n) is 7.89. The van der Waals surface area contributed by atoms with Gasteiger partial charge in [-0.25, -0.2) is 0 Å². The van der Waals surface area contributed by atoms with Crippen LogP contribution < -0.4 is 9.47 Å². The van der Waals surface area contributed by atoms with E-state index >= 15 is 0 Å². The van der Waals surface area contributed by atoms with Crippen LogP contribution in [0.15, 0.2) is 12.1 Å². The van der Waals surface area contributed by atoms with Crippen molar-refractivity contribution in [1.29, 1.82) is 0 Å². The molecule has 0 saturated carbocycles. The standard InChI is InChI=1S/C22H33ClN2O4/c1-4-12-29-20-17(14-18(23)15-19(20)28-3)16-25-10-6-8-22(25)7-5-9-24(21(22)26)11-13-27-2/h14-15H,4-13,16H2,1-3H3. The number of carbonyl (C=O) groups excluding carboxylic acids is 1. The molecule has 0 aromatic heterocycles. The zero-order chi connectivity index (χ0) is 20.9. The second-order valence-corrected chi connectivity index (χ2v) is 8.33. The molecule has 1 atom stereocenters. The van der Waals surface area contributed by atoms with Gasteiger partial charge in [0.25, 0.3) is 0 Å². The van der Waals surface area contributed by atoms with Gasteiger partial charge in [-0.15, -0.1) is 0 Å². The number of ether oxygens (including phenoxy) is 3. The third-order valence-electron chi connectivity index (χ3n) is 6.02. The molecule has 0 aliphatic carbocycles. The van der Waals surface area contributed by atoms with Crippen molar-refractivity contribution in [2.24, 2.45) is 0 Å². The second kappa shape index (κ2) is 10.0. The Morgan fingerprint density at radius 2 is 1.90 bits per heavy atom. The van der Waals surface area contributed by atoms with Crippen molar-refractivity contribution < 1.29 is 19.0 Å². The highest BCUT2D eigenvalue weighted by Gasteiger charge is 2.50.